The molecule has 98 valence electrons. The van der Waals surface area contributed by atoms with Crippen LogP contribution in [-0.4, -0.2) is 17.2 Å². The number of amides is 3. The van der Waals surface area contributed by atoms with Crippen LogP contribution in [0.25, 0.3) is 0 Å². The number of urea groups is 1. The number of hydrogen-bond donors (Lipinski definition) is 4. The molecular formula is C12H17N3O3. The van der Waals surface area contributed by atoms with Crippen LogP contribution < -0.4 is 16.2 Å². The number of benzene rings is 1. The number of hydrogen-bond acceptors (Lipinski definition) is 2. The molecule has 1 unspecified atom stereocenters. The van der Waals surface area contributed by atoms with Gasteiger partial charge < -0.3 is 10.4 Å². The van der Waals surface area contributed by atoms with Crippen LogP contribution in [0.4, 0.5) is 15.3 Å². The van der Waals surface area contributed by atoms with E-state index in [4.69, 9.17) is 5.11 Å². The average molecular weight is 251 g/mol. The minimum atomic E-state index is -1.32. The lowest BCUT2D eigenvalue weighted by Crippen LogP contribution is -2.43. The monoisotopic (exact) mass is 251 g/mol. The van der Waals surface area contributed by atoms with E-state index in [1.165, 1.54) is 5.56 Å². The standard InChI is InChI=1S/C12H17N3O3/c1-3-8(2)9-4-6-10(7-5-9)13-11(16)14-15-12(17)18/h4-8,15H,3H2,1-2H3,(H,17,18)(H2,13,14,16). The number of hydrazine groups is 1. The second kappa shape index (κ2) is 6.48. The summed E-state index contributed by atoms with van der Waals surface area (Å²) in [4.78, 5) is 21.4. The highest BCUT2D eigenvalue weighted by Gasteiger charge is 2.05. The molecule has 0 aliphatic heterocycles. The summed E-state index contributed by atoms with van der Waals surface area (Å²) in [5, 5.41) is 10.8. The van der Waals surface area contributed by atoms with E-state index in [9.17, 15) is 9.59 Å². The third-order valence-corrected chi connectivity index (χ3v) is 2.63. The van der Waals surface area contributed by atoms with Crippen molar-refractivity contribution in [1.82, 2.24) is 10.9 Å². The molecule has 4 N–H and O–H groups in total. The quantitative estimate of drug-likeness (QED) is 0.622. The predicted octanol–water partition coefficient (Wildman–Crippen LogP) is 2.50. The molecule has 0 saturated heterocycles. The van der Waals surface area contributed by atoms with Gasteiger partial charge in [0.1, 0.15) is 0 Å². The fourth-order valence-corrected chi connectivity index (χ4v) is 1.40. The lowest BCUT2D eigenvalue weighted by Gasteiger charge is -2.10. The second-order valence-electron chi connectivity index (χ2n) is 3.94. The van der Waals surface area contributed by atoms with Gasteiger partial charge in [0.05, 0.1) is 0 Å². The zero-order valence-electron chi connectivity index (χ0n) is 10.4. The van der Waals surface area contributed by atoms with Crippen LogP contribution in [0.3, 0.4) is 0 Å². The zero-order valence-corrected chi connectivity index (χ0v) is 10.4. The highest BCUT2D eigenvalue weighted by molar-refractivity contribution is 5.90. The van der Waals surface area contributed by atoms with E-state index in [0.717, 1.165) is 6.42 Å². The fourth-order valence-electron chi connectivity index (χ4n) is 1.40. The highest BCUT2D eigenvalue weighted by atomic mass is 16.4. The minimum absolute atomic E-state index is 0.474. The average Bonchev–Trinajstić information content (AvgIpc) is 2.36. The van der Waals surface area contributed by atoms with Crippen molar-refractivity contribution in [3.63, 3.8) is 0 Å². The number of carboxylic acid groups (broad SMARTS) is 1. The Kier molecular flexibility index (Phi) is 4.98. The van der Waals surface area contributed by atoms with Crippen LogP contribution in [0, 0.1) is 0 Å². The summed E-state index contributed by atoms with van der Waals surface area (Å²) in [6.45, 7) is 4.24. The summed E-state index contributed by atoms with van der Waals surface area (Å²) >= 11 is 0. The Hall–Kier alpha value is -2.24. The minimum Gasteiger partial charge on any atom is -0.464 e. The van der Waals surface area contributed by atoms with Gasteiger partial charge in [-0.05, 0) is 30.0 Å². The Bertz CT molecular complexity index is 417. The van der Waals surface area contributed by atoms with Gasteiger partial charge in [0, 0.05) is 5.69 Å². The van der Waals surface area contributed by atoms with Crippen LogP contribution in [0.15, 0.2) is 24.3 Å². The molecule has 1 rings (SSSR count). The largest absolute Gasteiger partial charge is 0.464 e. The summed E-state index contributed by atoms with van der Waals surface area (Å²) in [6.07, 6.45) is -0.271. The number of nitrogens with one attached hydrogen (secondary N) is 3. The molecule has 0 aliphatic rings. The Morgan fingerprint density at radius 1 is 1.22 bits per heavy atom. The van der Waals surface area contributed by atoms with E-state index >= 15 is 0 Å². The highest BCUT2D eigenvalue weighted by Crippen LogP contribution is 2.20. The summed E-state index contributed by atoms with van der Waals surface area (Å²) in [7, 11) is 0. The fraction of sp³-hybridized carbons (Fsp3) is 0.333. The topological polar surface area (TPSA) is 90.5 Å². The zero-order chi connectivity index (χ0) is 13.5. The summed E-state index contributed by atoms with van der Waals surface area (Å²) in [5.41, 5.74) is 5.54. The Labute approximate surface area is 105 Å². The molecule has 1 aromatic rings. The second-order valence-corrected chi connectivity index (χ2v) is 3.94. The van der Waals surface area contributed by atoms with E-state index < -0.39 is 12.1 Å². The Morgan fingerprint density at radius 3 is 2.33 bits per heavy atom. The molecule has 3 amide bonds. The SMILES string of the molecule is CCC(C)c1ccc(NC(=O)NNC(=O)O)cc1. The number of carbonyl (C=O) groups excluding carboxylic acids is 1. The van der Waals surface area contributed by atoms with Crippen LogP contribution in [-0.2, 0) is 0 Å². The summed E-state index contributed by atoms with van der Waals surface area (Å²) in [5.74, 6) is 0.474. The first-order valence-corrected chi connectivity index (χ1v) is 5.68. The number of anilines is 1. The first-order valence-electron chi connectivity index (χ1n) is 5.68. The molecule has 0 aromatic heterocycles. The molecule has 0 spiro atoms. The summed E-state index contributed by atoms with van der Waals surface area (Å²) < 4.78 is 0. The molecule has 18 heavy (non-hydrogen) atoms. The van der Waals surface area contributed by atoms with E-state index in [1.807, 2.05) is 17.6 Å². The normalized spacial score (nSPS) is 11.4. The van der Waals surface area contributed by atoms with Gasteiger partial charge in [-0.25, -0.2) is 20.4 Å². The van der Waals surface area contributed by atoms with Gasteiger partial charge in [-0.2, -0.15) is 0 Å². The molecule has 0 radical (unpaired) electrons. The molecule has 0 saturated carbocycles. The predicted molar refractivity (Wildman–Crippen MR) is 68.5 cm³/mol. The number of rotatable bonds is 3. The maximum Gasteiger partial charge on any atom is 0.423 e. The van der Waals surface area contributed by atoms with E-state index in [0.29, 0.717) is 11.6 Å². The smallest absolute Gasteiger partial charge is 0.423 e. The van der Waals surface area contributed by atoms with E-state index in [2.05, 4.69) is 19.2 Å². The molecule has 0 aliphatic carbocycles. The number of carbonyl (C=O) groups is 2. The molecule has 1 atom stereocenters. The maximum atomic E-state index is 11.2. The van der Waals surface area contributed by atoms with Gasteiger partial charge in [-0.1, -0.05) is 26.0 Å². The van der Waals surface area contributed by atoms with Crippen LogP contribution in [0.5, 0.6) is 0 Å². The van der Waals surface area contributed by atoms with Crippen molar-refractivity contribution < 1.29 is 14.7 Å². The Morgan fingerprint density at radius 2 is 1.83 bits per heavy atom. The van der Waals surface area contributed by atoms with Crippen molar-refractivity contribution in [3.05, 3.63) is 29.8 Å². The van der Waals surface area contributed by atoms with Crippen molar-refractivity contribution in [2.24, 2.45) is 0 Å². The maximum absolute atomic E-state index is 11.2. The van der Waals surface area contributed by atoms with Gasteiger partial charge in [0.25, 0.3) is 0 Å². The van der Waals surface area contributed by atoms with Crippen LogP contribution >= 0.6 is 0 Å². The van der Waals surface area contributed by atoms with Gasteiger partial charge in [0.15, 0.2) is 0 Å². The van der Waals surface area contributed by atoms with Gasteiger partial charge in [-0.3, -0.25) is 0 Å². The molecule has 0 fully saturated rings. The summed E-state index contributed by atoms with van der Waals surface area (Å²) in [6, 6.07) is 6.81. The van der Waals surface area contributed by atoms with E-state index in [-0.39, 0.29) is 0 Å². The molecule has 1 aromatic carbocycles. The van der Waals surface area contributed by atoms with Crippen molar-refractivity contribution in [1.29, 1.82) is 0 Å². The van der Waals surface area contributed by atoms with Crippen LogP contribution in [0.1, 0.15) is 31.7 Å². The van der Waals surface area contributed by atoms with Crippen molar-refractivity contribution >= 4 is 17.8 Å². The van der Waals surface area contributed by atoms with Crippen molar-refractivity contribution in [3.8, 4) is 0 Å². The molecule has 0 bridgehead atoms. The molecule has 0 heterocycles. The van der Waals surface area contributed by atoms with Crippen molar-refractivity contribution in [2.75, 3.05) is 5.32 Å². The van der Waals surface area contributed by atoms with Crippen LogP contribution in [0.2, 0.25) is 0 Å². The van der Waals surface area contributed by atoms with Gasteiger partial charge in [-0.15, -0.1) is 0 Å². The third kappa shape index (κ3) is 4.32. The first-order chi connectivity index (χ1) is 8.52. The molecule has 6 nitrogen and oxygen atoms in total. The third-order valence-electron chi connectivity index (χ3n) is 2.63. The first kappa shape index (κ1) is 13.8. The van der Waals surface area contributed by atoms with Gasteiger partial charge in [0.2, 0.25) is 0 Å². The lowest BCUT2D eigenvalue weighted by molar-refractivity contribution is 0.188. The molecular weight excluding hydrogens is 234 g/mol. The Balaban J connectivity index is 2.53. The van der Waals surface area contributed by atoms with Crippen molar-refractivity contribution in [2.45, 2.75) is 26.2 Å². The molecule has 6 heteroatoms. The van der Waals surface area contributed by atoms with Gasteiger partial charge >= 0.3 is 12.1 Å². The van der Waals surface area contributed by atoms with E-state index in [1.54, 1.807) is 17.6 Å². The lowest BCUT2D eigenvalue weighted by atomic mass is 9.99.